The van der Waals surface area contributed by atoms with Gasteiger partial charge in [-0.1, -0.05) is 6.07 Å². The van der Waals surface area contributed by atoms with Crippen LogP contribution < -0.4 is 5.32 Å². The summed E-state index contributed by atoms with van der Waals surface area (Å²) < 4.78 is 27.4. The van der Waals surface area contributed by atoms with Crippen molar-refractivity contribution < 1.29 is 8.78 Å². The van der Waals surface area contributed by atoms with Gasteiger partial charge in [-0.25, -0.2) is 8.78 Å². The van der Waals surface area contributed by atoms with Gasteiger partial charge in [0, 0.05) is 24.7 Å². The zero-order valence-corrected chi connectivity index (χ0v) is 11.7. The van der Waals surface area contributed by atoms with E-state index in [1.54, 1.807) is 0 Å². The minimum atomic E-state index is -0.428. The summed E-state index contributed by atoms with van der Waals surface area (Å²) in [6, 6.07) is 4.84. The van der Waals surface area contributed by atoms with Crippen LogP contribution in [0.3, 0.4) is 0 Å². The zero-order valence-electron chi connectivity index (χ0n) is 11.7. The Kier molecular flexibility index (Phi) is 4.32. The molecule has 1 heterocycles. The van der Waals surface area contributed by atoms with E-state index in [1.165, 1.54) is 37.5 Å². The van der Waals surface area contributed by atoms with Gasteiger partial charge in [0.15, 0.2) is 0 Å². The molecule has 4 heteroatoms. The molecule has 1 saturated carbocycles. The Morgan fingerprint density at radius 1 is 1.15 bits per heavy atom. The van der Waals surface area contributed by atoms with E-state index in [4.69, 9.17) is 0 Å². The van der Waals surface area contributed by atoms with Crippen LogP contribution in [0.1, 0.15) is 31.2 Å². The first-order valence-electron chi connectivity index (χ1n) is 7.61. The Bertz CT molecular complexity index is 440. The molecular weight excluding hydrogens is 258 g/mol. The molecule has 1 unspecified atom stereocenters. The molecule has 1 saturated heterocycles. The zero-order chi connectivity index (χ0) is 13.9. The Labute approximate surface area is 119 Å². The van der Waals surface area contributed by atoms with Crippen LogP contribution >= 0.6 is 0 Å². The molecular formula is C16H22F2N2. The molecule has 2 nitrogen and oxygen atoms in total. The van der Waals surface area contributed by atoms with E-state index in [9.17, 15) is 8.78 Å². The van der Waals surface area contributed by atoms with Crippen LogP contribution in [-0.4, -0.2) is 30.6 Å². The molecule has 0 amide bonds. The number of nitrogens with one attached hydrogen (secondary N) is 1. The summed E-state index contributed by atoms with van der Waals surface area (Å²) in [6.45, 7) is 3.31. The first-order valence-corrected chi connectivity index (χ1v) is 7.61. The molecule has 1 aliphatic carbocycles. The first kappa shape index (κ1) is 14.0. The predicted molar refractivity (Wildman–Crippen MR) is 75.4 cm³/mol. The van der Waals surface area contributed by atoms with Crippen LogP contribution in [-0.2, 0) is 6.54 Å². The van der Waals surface area contributed by atoms with Crippen LogP contribution in [0.15, 0.2) is 18.2 Å². The van der Waals surface area contributed by atoms with Gasteiger partial charge < -0.3 is 5.32 Å². The first-order chi connectivity index (χ1) is 9.72. The second-order valence-corrected chi connectivity index (χ2v) is 6.13. The maximum Gasteiger partial charge on any atom is 0.130 e. The SMILES string of the molecule is Fc1cccc(F)c1CN1CCCC(CNC2CC2)C1. The number of rotatable bonds is 5. The average molecular weight is 280 g/mol. The summed E-state index contributed by atoms with van der Waals surface area (Å²) in [5.74, 6) is -0.245. The normalized spacial score (nSPS) is 24.0. The van der Waals surface area contributed by atoms with E-state index in [-0.39, 0.29) is 5.56 Å². The maximum absolute atomic E-state index is 13.7. The van der Waals surface area contributed by atoms with Crippen LogP contribution in [0.4, 0.5) is 8.78 Å². The topological polar surface area (TPSA) is 15.3 Å². The van der Waals surface area contributed by atoms with Crippen molar-refractivity contribution in [1.29, 1.82) is 0 Å². The van der Waals surface area contributed by atoms with E-state index in [0.29, 0.717) is 12.5 Å². The number of hydrogen-bond donors (Lipinski definition) is 1. The van der Waals surface area contributed by atoms with Crippen LogP contribution in [0.5, 0.6) is 0 Å². The Morgan fingerprint density at radius 3 is 2.60 bits per heavy atom. The standard InChI is InChI=1S/C16H22F2N2/c17-15-4-1-5-16(18)14(15)11-20-8-2-3-12(10-20)9-19-13-6-7-13/h1,4-5,12-13,19H,2-3,6-11H2. The fraction of sp³-hybridized carbons (Fsp3) is 0.625. The van der Waals surface area contributed by atoms with Gasteiger partial charge in [0.05, 0.1) is 0 Å². The van der Waals surface area contributed by atoms with Crippen LogP contribution in [0.2, 0.25) is 0 Å². The fourth-order valence-corrected chi connectivity index (χ4v) is 2.99. The second kappa shape index (κ2) is 6.19. The molecule has 0 bridgehead atoms. The smallest absolute Gasteiger partial charge is 0.130 e. The van der Waals surface area contributed by atoms with Gasteiger partial charge in [0.2, 0.25) is 0 Å². The average Bonchev–Trinajstić information content (AvgIpc) is 3.26. The van der Waals surface area contributed by atoms with Crippen LogP contribution in [0.25, 0.3) is 0 Å². The highest BCUT2D eigenvalue weighted by atomic mass is 19.1. The number of halogens is 2. The maximum atomic E-state index is 13.7. The van der Waals surface area contributed by atoms with Gasteiger partial charge in [-0.15, -0.1) is 0 Å². The second-order valence-electron chi connectivity index (χ2n) is 6.13. The van der Waals surface area contributed by atoms with E-state index in [2.05, 4.69) is 10.2 Å². The lowest BCUT2D eigenvalue weighted by atomic mass is 9.97. The van der Waals surface area contributed by atoms with Gasteiger partial charge in [-0.2, -0.15) is 0 Å². The van der Waals surface area contributed by atoms with Gasteiger partial charge in [-0.3, -0.25) is 4.90 Å². The molecule has 0 spiro atoms. The Balaban J connectivity index is 1.56. The molecule has 1 atom stereocenters. The molecule has 1 aromatic rings. The van der Waals surface area contributed by atoms with Crippen molar-refractivity contribution in [3.8, 4) is 0 Å². The highest BCUT2D eigenvalue weighted by Crippen LogP contribution is 2.23. The minimum Gasteiger partial charge on any atom is -0.314 e. The third-order valence-electron chi connectivity index (χ3n) is 4.32. The van der Waals surface area contributed by atoms with Crippen molar-refractivity contribution in [3.05, 3.63) is 35.4 Å². The van der Waals surface area contributed by atoms with Crippen molar-refractivity contribution in [2.24, 2.45) is 5.92 Å². The summed E-state index contributed by atoms with van der Waals surface area (Å²) in [7, 11) is 0. The van der Waals surface area contributed by atoms with E-state index < -0.39 is 11.6 Å². The summed E-state index contributed by atoms with van der Waals surface area (Å²) in [5.41, 5.74) is 0.211. The Morgan fingerprint density at radius 2 is 1.90 bits per heavy atom. The quantitative estimate of drug-likeness (QED) is 0.892. The van der Waals surface area contributed by atoms with E-state index in [1.807, 2.05) is 0 Å². The molecule has 20 heavy (non-hydrogen) atoms. The van der Waals surface area contributed by atoms with Gasteiger partial charge in [0.1, 0.15) is 11.6 Å². The lowest BCUT2D eigenvalue weighted by molar-refractivity contribution is 0.161. The van der Waals surface area contributed by atoms with Crippen molar-refractivity contribution in [2.45, 2.75) is 38.3 Å². The van der Waals surface area contributed by atoms with Gasteiger partial charge in [-0.05, 0) is 56.8 Å². The number of benzene rings is 1. The van der Waals surface area contributed by atoms with Crippen molar-refractivity contribution in [3.63, 3.8) is 0 Å². The summed E-state index contributed by atoms with van der Waals surface area (Å²) in [5, 5.41) is 3.56. The third-order valence-corrected chi connectivity index (χ3v) is 4.32. The molecule has 1 N–H and O–H groups in total. The number of hydrogen-bond acceptors (Lipinski definition) is 2. The van der Waals surface area contributed by atoms with Gasteiger partial charge in [0.25, 0.3) is 0 Å². The summed E-state index contributed by atoms with van der Waals surface area (Å²) >= 11 is 0. The number of piperidine rings is 1. The predicted octanol–water partition coefficient (Wildman–Crippen LogP) is 2.93. The Hall–Kier alpha value is -1.00. The lowest BCUT2D eigenvalue weighted by Crippen LogP contribution is -2.39. The van der Waals surface area contributed by atoms with Gasteiger partial charge >= 0.3 is 0 Å². The highest BCUT2D eigenvalue weighted by Gasteiger charge is 2.25. The van der Waals surface area contributed by atoms with Crippen molar-refractivity contribution >= 4 is 0 Å². The monoisotopic (exact) mass is 280 g/mol. The van der Waals surface area contributed by atoms with Crippen LogP contribution in [0, 0.1) is 17.6 Å². The number of likely N-dealkylation sites (tertiary alicyclic amines) is 1. The summed E-state index contributed by atoms with van der Waals surface area (Å²) in [6.07, 6.45) is 4.94. The molecule has 0 aromatic heterocycles. The minimum absolute atomic E-state index is 0.211. The van der Waals surface area contributed by atoms with E-state index >= 15 is 0 Å². The third kappa shape index (κ3) is 3.55. The van der Waals surface area contributed by atoms with E-state index in [0.717, 1.165) is 32.1 Å². The molecule has 2 aliphatic rings. The molecule has 110 valence electrons. The molecule has 0 radical (unpaired) electrons. The summed E-state index contributed by atoms with van der Waals surface area (Å²) in [4.78, 5) is 2.18. The molecule has 2 fully saturated rings. The fourth-order valence-electron chi connectivity index (χ4n) is 2.99. The largest absolute Gasteiger partial charge is 0.314 e. The highest BCUT2D eigenvalue weighted by molar-refractivity contribution is 5.19. The van der Waals surface area contributed by atoms with Crippen molar-refractivity contribution in [1.82, 2.24) is 10.2 Å². The molecule has 1 aliphatic heterocycles. The molecule has 1 aromatic carbocycles. The number of nitrogens with zero attached hydrogens (tertiary/aromatic N) is 1. The van der Waals surface area contributed by atoms with Crippen molar-refractivity contribution in [2.75, 3.05) is 19.6 Å². The molecule has 3 rings (SSSR count). The lowest BCUT2D eigenvalue weighted by Gasteiger charge is -2.33.